The summed E-state index contributed by atoms with van der Waals surface area (Å²) in [7, 11) is 0. The Morgan fingerprint density at radius 2 is 1.70 bits per heavy atom. The summed E-state index contributed by atoms with van der Waals surface area (Å²) in [6.07, 6.45) is 4.99. The predicted molar refractivity (Wildman–Crippen MR) is 144 cm³/mol. The molecule has 0 bridgehead atoms. The molecule has 3 nitrogen and oxygen atoms in total. The first kappa shape index (κ1) is 22.0. The fraction of sp³-hybridized carbons (Fsp3) is 0.111. The fourth-order valence-corrected chi connectivity index (χ4v) is 5.69. The highest BCUT2D eigenvalue weighted by molar-refractivity contribution is 8.27. The Bertz CT molecular complexity index is 1410. The van der Waals surface area contributed by atoms with Crippen molar-refractivity contribution in [3.63, 3.8) is 0 Å². The van der Waals surface area contributed by atoms with Crippen molar-refractivity contribution in [2.75, 3.05) is 4.90 Å². The largest absolute Gasteiger partial charge is 0.342 e. The number of anilines is 1. The number of amides is 1. The van der Waals surface area contributed by atoms with Crippen molar-refractivity contribution in [1.29, 1.82) is 0 Å². The number of fused-ring (bicyclic) bond motifs is 1. The maximum absolute atomic E-state index is 13.2. The number of aromatic nitrogens is 1. The summed E-state index contributed by atoms with van der Waals surface area (Å²) in [6.45, 7) is 2.82. The molecule has 2 heterocycles. The molecule has 5 rings (SSSR count). The Morgan fingerprint density at radius 1 is 0.970 bits per heavy atom. The molecule has 1 amide bonds. The molecule has 0 unspecified atom stereocenters. The van der Waals surface area contributed by atoms with Gasteiger partial charge in [-0.2, -0.15) is 0 Å². The van der Waals surface area contributed by atoms with Crippen LogP contribution in [-0.4, -0.2) is 14.8 Å². The fourth-order valence-electron chi connectivity index (χ4n) is 4.21. The van der Waals surface area contributed by atoms with E-state index in [1.54, 1.807) is 4.90 Å². The van der Waals surface area contributed by atoms with E-state index in [1.807, 2.05) is 60.7 Å². The average molecular weight is 489 g/mol. The molecule has 1 aliphatic rings. The van der Waals surface area contributed by atoms with Crippen molar-refractivity contribution in [2.45, 2.75) is 19.9 Å². The molecular formula is C27H21ClN2OS2. The van der Waals surface area contributed by atoms with Crippen LogP contribution in [0.5, 0.6) is 0 Å². The van der Waals surface area contributed by atoms with Gasteiger partial charge in [0.25, 0.3) is 5.91 Å². The van der Waals surface area contributed by atoms with Crippen LogP contribution in [0.4, 0.5) is 5.69 Å². The van der Waals surface area contributed by atoms with Gasteiger partial charge in [-0.1, -0.05) is 97.1 Å². The minimum Gasteiger partial charge on any atom is -0.342 e. The van der Waals surface area contributed by atoms with E-state index >= 15 is 0 Å². The number of aryl methyl sites for hydroxylation is 1. The summed E-state index contributed by atoms with van der Waals surface area (Å²) in [5.41, 5.74) is 5.28. The molecule has 0 radical (unpaired) electrons. The molecule has 3 aromatic carbocycles. The van der Waals surface area contributed by atoms with Gasteiger partial charge in [-0.05, 0) is 41.8 Å². The third kappa shape index (κ3) is 4.12. The number of carbonyl (C=O) groups is 1. The lowest BCUT2D eigenvalue weighted by atomic mass is 10.1. The molecule has 0 atom stereocenters. The standard InChI is InChI=1S/C27H21ClN2OS2/c1-2-18-10-8-13-22-20(17-29(25(18)22)16-19-9-6-7-14-23(19)28)15-24-26(31)30(27(32)33-24)21-11-4-3-5-12-21/h3-15,17H,2,16H2,1H3/b24-15-. The predicted octanol–water partition coefficient (Wildman–Crippen LogP) is 7.31. The van der Waals surface area contributed by atoms with Gasteiger partial charge in [-0.15, -0.1) is 0 Å². The first-order chi connectivity index (χ1) is 16.1. The number of thiocarbonyl (C=S) groups is 1. The van der Waals surface area contributed by atoms with Crippen molar-refractivity contribution < 1.29 is 4.79 Å². The Balaban J connectivity index is 1.59. The number of carbonyl (C=O) groups excluding carboxylic acids is 1. The van der Waals surface area contributed by atoms with Gasteiger partial charge in [0.05, 0.1) is 16.1 Å². The van der Waals surface area contributed by atoms with Gasteiger partial charge in [-0.25, -0.2) is 0 Å². The summed E-state index contributed by atoms with van der Waals surface area (Å²) >= 11 is 13.3. The third-order valence-corrected chi connectivity index (χ3v) is 7.46. The first-order valence-electron chi connectivity index (χ1n) is 10.7. The van der Waals surface area contributed by atoms with E-state index in [0.717, 1.165) is 33.6 Å². The van der Waals surface area contributed by atoms with Crippen LogP contribution < -0.4 is 4.90 Å². The minimum absolute atomic E-state index is 0.0881. The molecule has 0 saturated carbocycles. The zero-order valence-electron chi connectivity index (χ0n) is 18.0. The van der Waals surface area contributed by atoms with E-state index in [2.05, 4.69) is 35.9 Å². The lowest BCUT2D eigenvalue weighted by Gasteiger charge is -2.13. The Hall–Kier alpha value is -2.86. The number of hydrogen-bond acceptors (Lipinski definition) is 3. The van der Waals surface area contributed by atoms with Gasteiger partial charge in [0.1, 0.15) is 0 Å². The lowest BCUT2D eigenvalue weighted by molar-refractivity contribution is -0.113. The number of benzene rings is 3. The average Bonchev–Trinajstić information content (AvgIpc) is 3.32. The van der Waals surface area contributed by atoms with Crippen LogP contribution >= 0.6 is 35.6 Å². The lowest BCUT2D eigenvalue weighted by Crippen LogP contribution is -2.27. The van der Waals surface area contributed by atoms with Crippen LogP contribution in [0.15, 0.2) is 83.9 Å². The van der Waals surface area contributed by atoms with Crippen molar-refractivity contribution in [3.8, 4) is 0 Å². The number of rotatable bonds is 5. The zero-order valence-corrected chi connectivity index (χ0v) is 20.4. The van der Waals surface area contributed by atoms with Gasteiger partial charge < -0.3 is 4.57 Å². The number of hydrogen-bond donors (Lipinski definition) is 0. The smallest absolute Gasteiger partial charge is 0.270 e. The van der Waals surface area contributed by atoms with Crippen molar-refractivity contribution >= 4 is 68.5 Å². The maximum Gasteiger partial charge on any atom is 0.270 e. The second-order valence-electron chi connectivity index (χ2n) is 7.82. The highest BCUT2D eigenvalue weighted by atomic mass is 35.5. The van der Waals surface area contributed by atoms with Crippen molar-refractivity contribution in [1.82, 2.24) is 4.57 Å². The van der Waals surface area contributed by atoms with Crippen LogP contribution in [0.25, 0.3) is 17.0 Å². The van der Waals surface area contributed by atoms with E-state index in [4.69, 9.17) is 23.8 Å². The molecule has 1 aliphatic heterocycles. The van der Waals surface area contributed by atoms with Gasteiger partial charge in [0, 0.05) is 28.7 Å². The second-order valence-corrected chi connectivity index (χ2v) is 9.91. The Kier molecular flexibility index (Phi) is 6.11. The molecule has 4 aromatic rings. The molecule has 1 saturated heterocycles. The second kappa shape index (κ2) is 9.18. The first-order valence-corrected chi connectivity index (χ1v) is 12.3. The van der Waals surface area contributed by atoms with Gasteiger partial charge in [-0.3, -0.25) is 9.69 Å². The van der Waals surface area contributed by atoms with Crippen LogP contribution in [0.3, 0.4) is 0 Å². The third-order valence-electron chi connectivity index (χ3n) is 5.79. The summed E-state index contributed by atoms with van der Waals surface area (Å²) in [5.74, 6) is -0.0881. The number of thioether (sulfide) groups is 1. The summed E-state index contributed by atoms with van der Waals surface area (Å²) in [6, 6.07) is 23.8. The molecule has 1 aromatic heterocycles. The number of para-hydroxylation sites is 2. The van der Waals surface area contributed by atoms with Crippen LogP contribution in [-0.2, 0) is 17.8 Å². The topological polar surface area (TPSA) is 25.2 Å². The van der Waals surface area contributed by atoms with Crippen LogP contribution in [0.2, 0.25) is 5.02 Å². The van der Waals surface area contributed by atoms with E-state index in [1.165, 1.54) is 22.8 Å². The molecule has 6 heteroatoms. The Labute approximate surface area is 207 Å². The van der Waals surface area contributed by atoms with Crippen LogP contribution in [0, 0.1) is 0 Å². The summed E-state index contributed by atoms with van der Waals surface area (Å²) in [5, 5.41) is 1.87. The molecule has 1 fully saturated rings. The molecule has 0 aliphatic carbocycles. The summed E-state index contributed by atoms with van der Waals surface area (Å²) < 4.78 is 2.78. The van der Waals surface area contributed by atoms with Crippen molar-refractivity contribution in [3.05, 3.63) is 106 Å². The van der Waals surface area contributed by atoms with Gasteiger partial charge >= 0.3 is 0 Å². The number of halogens is 1. The highest BCUT2D eigenvalue weighted by Gasteiger charge is 2.33. The minimum atomic E-state index is -0.0881. The normalized spacial score (nSPS) is 15.2. The van der Waals surface area contributed by atoms with Gasteiger partial charge in [0.2, 0.25) is 0 Å². The van der Waals surface area contributed by atoms with Crippen molar-refractivity contribution in [2.24, 2.45) is 0 Å². The van der Waals surface area contributed by atoms with Crippen LogP contribution in [0.1, 0.15) is 23.6 Å². The maximum atomic E-state index is 13.2. The SMILES string of the molecule is CCc1cccc2c(/C=C3\SC(=S)N(c4ccccc4)C3=O)cn(Cc3ccccc3Cl)c12. The van der Waals surface area contributed by atoms with E-state index < -0.39 is 0 Å². The van der Waals surface area contributed by atoms with E-state index in [-0.39, 0.29) is 5.91 Å². The molecule has 0 spiro atoms. The van der Waals surface area contributed by atoms with E-state index in [9.17, 15) is 4.79 Å². The van der Waals surface area contributed by atoms with Gasteiger partial charge in [0.15, 0.2) is 4.32 Å². The molecule has 0 N–H and O–H groups in total. The monoisotopic (exact) mass is 488 g/mol. The molecule has 164 valence electrons. The summed E-state index contributed by atoms with van der Waals surface area (Å²) in [4.78, 5) is 15.5. The van der Waals surface area contributed by atoms with E-state index in [0.29, 0.717) is 15.8 Å². The zero-order chi connectivity index (χ0) is 22.9. The quantitative estimate of drug-likeness (QED) is 0.217. The number of nitrogens with zero attached hydrogens (tertiary/aromatic N) is 2. The molecular weight excluding hydrogens is 468 g/mol. The Morgan fingerprint density at radius 3 is 2.45 bits per heavy atom. The molecule has 33 heavy (non-hydrogen) atoms. The highest BCUT2D eigenvalue weighted by Crippen LogP contribution is 2.37.